The minimum Gasteiger partial charge on any atom is -0.355 e. The third kappa shape index (κ3) is 54.4. The zero-order valence-electron chi connectivity index (χ0n) is 77.3. The van der Waals surface area contributed by atoms with E-state index in [1.165, 1.54) is 0 Å². The Bertz CT molecular complexity index is 3430. The minimum atomic E-state index is -1.30. The Balaban J connectivity index is 2.68. The predicted molar refractivity (Wildman–Crippen MR) is 483 cm³/mol. The lowest BCUT2D eigenvalue weighted by Gasteiger charge is -2.27. The molecule has 14 amide bonds. The maximum Gasteiger partial charge on any atom is 0.243 e. The molecule has 0 heterocycles. The van der Waals surface area contributed by atoms with Crippen molar-refractivity contribution in [2.45, 2.75) is 183 Å². The fourth-order valence-corrected chi connectivity index (χ4v) is 13.3. The number of amides is 14. The second-order valence-corrected chi connectivity index (χ2v) is 34.0. The lowest BCUT2D eigenvalue weighted by Crippen LogP contribution is -2.57. The van der Waals surface area contributed by atoms with E-state index in [0.29, 0.717) is 103 Å². The summed E-state index contributed by atoms with van der Waals surface area (Å²) < 4.78 is 0. The molecule has 0 aliphatic heterocycles. The highest BCUT2D eigenvalue weighted by Gasteiger charge is 2.33. The first-order chi connectivity index (χ1) is 58.9. The van der Waals surface area contributed by atoms with Gasteiger partial charge in [-0.3, -0.25) is 67.1 Å². The summed E-state index contributed by atoms with van der Waals surface area (Å²) in [6.07, 6.45) is 6.97. The summed E-state index contributed by atoms with van der Waals surface area (Å²) in [5.74, 6) is -5.95. The van der Waals surface area contributed by atoms with E-state index in [4.69, 9.17) is 0 Å². The van der Waals surface area contributed by atoms with Crippen molar-refractivity contribution >= 4 is 82.7 Å². The number of nitrogens with zero attached hydrogens (tertiary/aromatic N) is 8. The molecule has 7 atom stereocenters. The maximum absolute atomic E-state index is 15.4. The number of hydrogen-bond acceptors (Lipinski definition) is 23. The van der Waals surface area contributed by atoms with E-state index >= 15 is 9.59 Å². The Morgan fingerprint density at radius 1 is 0.218 bits per heavy atom. The van der Waals surface area contributed by atoms with Gasteiger partial charge >= 0.3 is 0 Å². The zero-order valence-corrected chi connectivity index (χ0v) is 77.3. The van der Waals surface area contributed by atoms with Gasteiger partial charge in [-0.2, -0.15) is 0 Å². The van der Waals surface area contributed by atoms with Gasteiger partial charge < -0.3 is 119 Å². The summed E-state index contributed by atoms with van der Waals surface area (Å²) in [5.41, 5.74) is 1.49. The molecular weight excluding hydrogens is 1590 g/mol. The SMILES string of the molecule is CN(C)CCNCCCCC(NC(=O)CN(C)C)C(=O)NC(CCCCNC(=O)C(CCCCNC(=O)CN(C)C)NC(=O)CN(C)C)C(=O)NC(CCCCNC(=O)C(CCCCNC(=O)C(CCCCNC(=O)CN(C)C)NC(=O)CN(C)C)NC(=O)C(CCCCNC(=O)CN(C)C)NC(=O)CN(C)C)C(=O)NC(c1ccccc1)c1ccccc1. The normalized spacial score (nSPS) is 13.2. The van der Waals surface area contributed by atoms with Crippen molar-refractivity contribution in [3.63, 3.8) is 0 Å². The molecule has 0 aliphatic rings. The third-order valence-corrected chi connectivity index (χ3v) is 19.5. The van der Waals surface area contributed by atoms with Crippen molar-refractivity contribution < 1.29 is 67.1 Å². The van der Waals surface area contributed by atoms with Gasteiger partial charge in [0.2, 0.25) is 82.7 Å². The second kappa shape index (κ2) is 65.3. The molecule has 0 radical (unpaired) electrons. The van der Waals surface area contributed by atoms with Crippen LogP contribution in [0.15, 0.2) is 60.7 Å². The summed E-state index contributed by atoms with van der Waals surface area (Å²) in [5, 5.41) is 44.3. The number of carbonyl (C=O) groups excluding carboxylic acids is 14. The Kier molecular flexibility index (Phi) is 58.3. The molecule has 0 bridgehead atoms. The van der Waals surface area contributed by atoms with E-state index in [0.717, 1.165) is 24.2 Å². The first-order valence-electron chi connectivity index (χ1n) is 43.9. The Morgan fingerprint density at radius 2 is 0.427 bits per heavy atom. The average Bonchev–Trinajstić information content (AvgIpc) is 0.833. The smallest absolute Gasteiger partial charge is 0.243 e. The molecule has 0 saturated heterocycles. The molecular formula is C87H155N23O14. The molecule has 2 aromatic carbocycles. The molecule has 7 unspecified atom stereocenters. The summed E-state index contributed by atoms with van der Waals surface area (Å²) in [7, 11) is 28.5. The van der Waals surface area contributed by atoms with Crippen molar-refractivity contribution in [2.24, 2.45) is 0 Å². The van der Waals surface area contributed by atoms with Gasteiger partial charge in [0, 0.05) is 52.4 Å². The van der Waals surface area contributed by atoms with Gasteiger partial charge in [-0.15, -0.1) is 0 Å². The van der Waals surface area contributed by atoms with Gasteiger partial charge in [0.1, 0.15) is 42.3 Å². The highest BCUT2D eigenvalue weighted by atomic mass is 16.2. The number of rotatable bonds is 69. The molecule has 0 saturated carbocycles. The van der Waals surface area contributed by atoms with Crippen LogP contribution >= 0.6 is 0 Å². The van der Waals surface area contributed by atoms with Gasteiger partial charge in [-0.05, 0) is 265 Å². The summed E-state index contributed by atoms with van der Waals surface area (Å²) in [4.78, 5) is 207. The Morgan fingerprint density at radius 3 is 0.677 bits per heavy atom. The maximum atomic E-state index is 15.4. The number of carbonyl (C=O) groups is 14. The van der Waals surface area contributed by atoms with E-state index in [9.17, 15) is 57.5 Å². The molecule has 2 rings (SSSR count). The van der Waals surface area contributed by atoms with E-state index in [1.807, 2.05) is 74.8 Å². The van der Waals surface area contributed by atoms with Crippen LogP contribution in [-0.4, -0.2) is 382 Å². The van der Waals surface area contributed by atoms with Crippen molar-refractivity contribution in [1.82, 2.24) is 119 Å². The Hall–Kier alpha value is -9.34. The summed E-state index contributed by atoms with van der Waals surface area (Å²) in [6, 6.07) is 10.2. The van der Waals surface area contributed by atoms with Crippen LogP contribution in [-0.2, 0) is 67.1 Å². The number of unbranched alkanes of at least 4 members (excludes halogenated alkanes) is 7. The number of benzene rings is 2. The average molecular weight is 1750 g/mol. The predicted octanol–water partition coefficient (Wildman–Crippen LogP) is -1.74. The summed E-state index contributed by atoms with van der Waals surface area (Å²) >= 11 is 0. The van der Waals surface area contributed by atoms with Crippen molar-refractivity contribution in [3.05, 3.63) is 71.8 Å². The number of likely N-dealkylation sites (N-methyl/N-ethyl adjacent to an activating group) is 8. The van der Waals surface area contributed by atoms with Gasteiger partial charge in [0.15, 0.2) is 0 Å². The van der Waals surface area contributed by atoms with Crippen LogP contribution in [0.3, 0.4) is 0 Å². The monoisotopic (exact) mass is 1750 g/mol. The van der Waals surface area contributed by atoms with Crippen molar-refractivity contribution in [2.75, 3.05) is 217 Å². The highest BCUT2D eigenvalue weighted by molar-refractivity contribution is 5.95. The van der Waals surface area contributed by atoms with E-state index in [1.54, 1.807) is 133 Å². The molecule has 0 spiro atoms. The molecule has 37 nitrogen and oxygen atoms in total. The quantitative estimate of drug-likeness (QED) is 0.0327. The fourth-order valence-electron chi connectivity index (χ4n) is 13.3. The molecule has 0 aromatic heterocycles. The zero-order chi connectivity index (χ0) is 92.3. The first kappa shape index (κ1) is 111. The van der Waals surface area contributed by atoms with E-state index in [-0.39, 0.29) is 153 Å². The standard InChI is InChI=1S/C87H155N23O14/c1-103(2)56-55-88-48-30-23-44-69(97-78(116)62-109(13)14)85(122)100-71(46-28-35-53-93-82(119)67(96-77(115)61-108(11)12)42-25-32-50-90-74(112)58-105(5)6)86(123)101-72(87(124)102-80(64-37-19-17-20-38-64)65-39-21-18-22-40-65)47-29-36-54-94-83(120)68(99-84(121)70(98-79(117)63-110(15)16)45-26-33-51-91-75(113)59-106(7)8)43-27-34-52-92-81(118)66(95-76(114)60-107(9)10)41-24-31-49-89-73(111)57-104(3)4/h17-22,37-40,66-72,80,88H,23-36,41-63H2,1-16H3,(H,89,111)(H,90,112)(H,91,113)(H,92,118)(H,93,119)(H,94,120)(H,95,114)(H,96,115)(H,97,116)(H,98,117)(H,99,121)(H,100,122)(H,101,123)(H,102,124). The number of nitrogens with one attached hydrogen (secondary N) is 15. The topological polar surface area (TPSA) is 445 Å². The van der Waals surface area contributed by atoms with E-state index in [2.05, 4.69) is 84.7 Å². The van der Waals surface area contributed by atoms with Gasteiger partial charge in [-0.1, -0.05) is 60.7 Å². The van der Waals surface area contributed by atoms with Crippen LogP contribution in [0, 0.1) is 0 Å². The minimum absolute atomic E-state index is 0.00681. The van der Waals surface area contributed by atoms with Gasteiger partial charge in [-0.25, -0.2) is 0 Å². The fraction of sp³-hybridized carbons (Fsp3) is 0.701. The van der Waals surface area contributed by atoms with Gasteiger partial charge in [0.25, 0.3) is 0 Å². The molecule has 0 aliphatic carbocycles. The summed E-state index contributed by atoms with van der Waals surface area (Å²) in [6.45, 7) is 4.25. The molecule has 2 aromatic rings. The van der Waals surface area contributed by atoms with E-state index < -0.39 is 101 Å². The van der Waals surface area contributed by atoms with Gasteiger partial charge in [0.05, 0.1) is 51.9 Å². The van der Waals surface area contributed by atoms with Crippen LogP contribution in [0.4, 0.5) is 0 Å². The first-order valence-corrected chi connectivity index (χ1v) is 43.9. The number of hydrogen-bond donors (Lipinski definition) is 15. The van der Waals surface area contributed by atoms with Crippen LogP contribution in [0.25, 0.3) is 0 Å². The molecule has 702 valence electrons. The van der Waals surface area contributed by atoms with Crippen LogP contribution in [0.5, 0.6) is 0 Å². The Labute approximate surface area is 737 Å². The molecule has 37 heteroatoms. The third-order valence-electron chi connectivity index (χ3n) is 19.5. The largest absolute Gasteiger partial charge is 0.355 e. The highest BCUT2D eigenvalue weighted by Crippen LogP contribution is 2.23. The lowest BCUT2D eigenvalue weighted by molar-refractivity contribution is -0.134. The van der Waals surface area contributed by atoms with Crippen molar-refractivity contribution in [3.8, 4) is 0 Å². The molecule has 124 heavy (non-hydrogen) atoms. The van der Waals surface area contributed by atoms with Crippen LogP contribution < -0.4 is 79.8 Å². The molecule has 15 N–H and O–H groups in total. The van der Waals surface area contributed by atoms with Crippen LogP contribution in [0.2, 0.25) is 0 Å². The van der Waals surface area contributed by atoms with Crippen LogP contribution in [0.1, 0.15) is 152 Å². The molecule has 0 fully saturated rings. The second-order valence-electron chi connectivity index (χ2n) is 34.0. The van der Waals surface area contributed by atoms with Crippen molar-refractivity contribution in [1.29, 1.82) is 0 Å². The lowest BCUT2D eigenvalue weighted by atomic mass is 9.97.